The largest absolute Gasteiger partial charge is 0.326 e. The molecule has 1 aliphatic carbocycles. The van der Waals surface area contributed by atoms with Crippen LogP contribution >= 0.6 is 11.3 Å². The lowest BCUT2D eigenvalue weighted by Crippen LogP contribution is -2.32. The third-order valence-corrected chi connectivity index (χ3v) is 7.01. The van der Waals surface area contributed by atoms with Crippen molar-refractivity contribution in [3.05, 3.63) is 52.9 Å². The van der Waals surface area contributed by atoms with Crippen LogP contribution < -0.4 is 5.73 Å². The summed E-state index contributed by atoms with van der Waals surface area (Å²) in [4.78, 5) is 0.893. The molecular formula is C15H18N2O2S2. The van der Waals surface area contributed by atoms with Crippen molar-refractivity contribution in [2.45, 2.75) is 36.2 Å². The number of rotatable bonds is 6. The highest BCUT2D eigenvalue weighted by Gasteiger charge is 2.38. The summed E-state index contributed by atoms with van der Waals surface area (Å²) in [6.07, 6.45) is 1.89. The number of sulfonamides is 1. The number of nitrogens with zero attached hydrogens (tertiary/aromatic N) is 1. The molecule has 0 spiro atoms. The fourth-order valence-corrected chi connectivity index (χ4v) is 5.30. The van der Waals surface area contributed by atoms with Crippen molar-refractivity contribution in [2.75, 3.05) is 0 Å². The van der Waals surface area contributed by atoms with Gasteiger partial charge in [0.25, 0.3) is 10.0 Å². The van der Waals surface area contributed by atoms with Gasteiger partial charge in [0.15, 0.2) is 0 Å². The second-order valence-corrected chi connectivity index (χ2v) is 8.48. The maximum atomic E-state index is 12.8. The second kappa shape index (κ2) is 5.88. The molecule has 1 heterocycles. The summed E-state index contributed by atoms with van der Waals surface area (Å²) in [6, 6.07) is 13.3. The van der Waals surface area contributed by atoms with Crippen LogP contribution in [0.25, 0.3) is 0 Å². The van der Waals surface area contributed by atoms with E-state index < -0.39 is 10.0 Å². The molecule has 1 fully saturated rings. The van der Waals surface area contributed by atoms with E-state index in [0.717, 1.165) is 23.3 Å². The van der Waals surface area contributed by atoms with E-state index in [1.165, 1.54) is 11.3 Å². The second-order valence-electron chi connectivity index (χ2n) is 5.19. The van der Waals surface area contributed by atoms with Crippen LogP contribution in [0.2, 0.25) is 0 Å². The Hall–Kier alpha value is -1.21. The molecule has 21 heavy (non-hydrogen) atoms. The van der Waals surface area contributed by atoms with Crippen molar-refractivity contribution in [3.63, 3.8) is 0 Å². The van der Waals surface area contributed by atoms with Crippen LogP contribution in [-0.2, 0) is 23.1 Å². The summed E-state index contributed by atoms with van der Waals surface area (Å²) >= 11 is 1.27. The fourth-order valence-electron chi connectivity index (χ4n) is 2.26. The molecule has 2 N–H and O–H groups in total. The molecule has 0 aliphatic heterocycles. The molecular weight excluding hydrogens is 304 g/mol. The average Bonchev–Trinajstić information content (AvgIpc) is 3.20. The zero-order valence-electron chi connectivity index (χ0n) is 11.6. The van der Waals surface area contributed by atoms with Crippen LogP contribution in [-0.4, -0.2) is 18.8 Å². The van der Waals surface area contributed by atoms with Gasteiger partial charge in [-0.25, -0.2) is 8.42 Å². The van der Waals surface area contributed by atoms with Crippen LogP contribution in [0.15, 0.2) is 46.7 Å². The standard InChI is InChI=1S/C15H18N2O2S2/c16-10-14-8-9-15(20-14)21(18,19)17(13-6-7-13)11-12-4-2-1-3-5-12/h1-5,8-9,13H,6-7,10-11,16H2. The van der Waals surface area contributed by atoms with Gasteiger partial charge in [-0.05, 0) is 30.5 Å². The molecule has 1 aromatic heterocycles. The van der Waals surface area contributed by atoms with Gasteiger partial charge in [-0.2, -0.15) is 4.31 Å². The Bertz CT molecular complexity index is 706. The monoisotopic (exact) mass is 322 g/mol. The zero-order valence-corrected chi connectivity index (χ0v) is 13.2. The van der Waals surface area contributed by atoms with Gasteiger partial charge in [0, 0.05) is 24.0 Å². The molecule has 6 heteroatoms. The van der Waals surface area contributed by atoms with Gasteiger partial charge in [0.05, 0.1) is 0 Å². The van der Waals surface area contributed by atoms with Crippen molar-refractivity contribution in [1.29, 1.82) is 0 Å². The highest BCUT2D eigenvalue weighted by molar-refractivity contribution is 7.91. The molecule has 3 rings (SSSR count). The number of hydrogen-bond donors (Lipinski definition) is 1. The molecule has 112 valence electrons. The molecule has 2 aromatic rings. The quantitative estimate of drug-likeness (QED) is 0.889. The summed E-state index contributed by atoms with van der Waals surface area (Å²) in [5, 5.41) is 0. The minimum Gasteiger partial charge on any atom is -0.326 e. The zero-order chi connectivity index (χ0) is 14.9. The lowest BCUT2D eigenvalue weighted by molar-refractivity contribution is 0.400. The van der Waals surface area contributed by atoms with Crippen LogP contribution in [0, 0.1) is 0 Å². The average molecular weight is 322 g/mol. The van der Waals surface area contributed by atoms with Crippen molar-refractivity contribution in [1.82, 2.24) is 4.31 Å². The number of thiophene rings is 1. The smallest absolute Gasteiger partial charge is 0.253 e. The molecule has 0 saturated heterocycles. The van der Waals surface area contributed by atoms with Crippen LogP contribution in [0.3, 0.4) is 0 Å². The normalized spacial score (nSPS) is 15.5. The molecule has 4 nitrogen and oxygen atoms in total. The van der Waals surface area contributed by atoms with Crippen molar-refractivity contribution < 1.29 is 8.42 Å². The van der Waals surface area contributed by atoms with E-state index in [1.54, 1.807) is 16.4 Å². The lowest BCUT2D eigenvalue weighted by atomic mass is 10.2. The maximum Gasteiger partial charge on any atom is 0.253 e. The first-order chi connectivity index (χ1) is 10.1. The predicted octanol–water partition coefficient (Wildman–Crippen LogP) is 2.56. The van der Waals surface area contributed by atoms with Gasteiger partial charge in [-0.3, -0.25) is 0 Å². The summed E-state index contributed by atoms with van der Waals surface area (Å²) in [5.74, 6) is 0. The molecule has 0 bridgehead atoms. The summed E-state index contributed by atoms with van der Waals surface area (Å²) < 4.78 is 27.7. The Balaban J connectivity index is 1.89. The predicted molar refractivity (Wildman–Crippen MR) is 84.4 cm³/mol. The highest BCUT2D eigenvalue weighted by Crippen LogP contribution is 2.35. The molecule has 0 unspecified atom stereocenters. The minimum absolute atomic E-state index is 0.138. The number of nitrogens with two attached hydrogens (primary N) is 1. The summed E-state index contributed by atoms with van der Waals surface area (Å²) in [7, 11) is -3.43. The Labute approximate surface area is 129 Å². The first-order valence-corrected chi connectivity index (χ1v) is 9.21. The number of hydrogen-bond acceptors (Lipinski definition) is 4. The SMILES string of the molecule is NCc1ccc(S(=O)(=O)N(Cc2ccccc2)C2CC2)s1. The van der Waals surface area contributed by atoms with Gasteiger partial charge in [-0.15, -0.1) is 11.3 Å². The van der Waals surface area contributed by atoms with E-state index in [4.69, 9.17) is 5.73 Å². The van der Waals surface area contributed by atoms with Crippen LogP contribution in [0.4, 0.5) is 0 Å². The molecule has 1 aromatic carbocycles. The van der Waals surface area contributed by atoms with E-state index in [9.17, 15) is 8.42 Å². The van der Waals surface area contributed by atoms with Gasteiger partial charge in [0.1, 0.15) is 4.21 Å². The summed E-state index contributed by atoms with van der Waals surface area (Å²) in [6.45, 7) is 0.812. The Morgan fingerprint density at radius 2 is 1.86 bits per heavy atom. The first-order valence-electron chi connectivity index (χ1n) is 6.96. The third-order valence-electron chi connectivity index (χ3n) is 3.54. The Morgan fingerprint density at radius 3 is 2.43 bits per heavy atom. The lowest BCUT2D eigenvalue weighted by Gasteiger charge is -2.21. The maximum absolute atomic E-state index is 12.8. The van der Waals surface area contributed by atoms with Gasteiger partial charge < -0.3 is 5.73 Å². The van der Waals surface area contributed by atoms with Gasteiger partial charge in [0.2, 0.25) is 0 Å². The van der Waals surface area contributed by atoms with Crippen molar-refractivity contribution in [3.8, 4) is 0 Å². The highest BCUT2D eigenvalue weighted by atomic mass is 32.2. The van der Waals surface area contributed by atoms with E-state index >= 15 is 0 Å². The Morgan fingerprint density at radius 1 is 1.14 bits per heavy atom. The summed E-state index contributed by atoms with van der Waals surface area (Å²) in [5.41, 5.74) is 6.60. The van der Waals surface area contributed by atoms with Gasteiger partial charge in [-0.1, -0.05) is 30.3 Å². The molecule has 0 amide bonds. The number of benzene rings is 1. The van der Waals surface area contributed by atoms with Crippen molar-refractivity contribution >= 4 is 21.4 Å². The van der Waals surface area contributed by atoms with Crippen LogP contribution in [0.5, 0.6) is 0 Å². The molecule has 0 atom stereocenters. The van der Waals surface area contributed by atoms with E-state index in [0.29, 0.717) is 17.3 Å². The van der Waals surface area contributed by atoms with Crippen molar-refractivity contribution in [2.24, 2.45) is 5.73 Å². The topological polar surface area (TPSA) is 63.4 Å². The van der Waals surface area contributed by atoms with E-state index in [1.807, 2.05) is 30.3 Å². The van der Waals surface area contributed by atoms with Crippen LogP contribution in [0.1, 0.15) is 23.3 Å². The molecule has 1 saturated carbocycles. The van der Waals surface area contributed by atoms with Gasteiger partial charge >= 0.3 is 0 Å². The first kappa shape index (κ1) is 14.7. The Kier molecular flexibility index (Phi) is 4.12. The minimum atomic E-state index is -3.43. The third kappa shape index (κ3) is 3.18. The molecule has 1 aliphatic rings. The fraction of sp³-hybridized carbons (Fsp3) is 0.333. The van der Waals surface area contributed by atoms with E-state index in [2.05, 4.69) is 0 Å². The van der Waals surface area contributed by atoms with E-state index in [-0.39, 0.29) is 6.04 Å². The molecule has 0 radical (unpaired) electrons.